The lowest BCUT2D eigenvalue weighted by Gasteiger charge is -2.13. The minimum absolute atomic E-state index is 0.0890. The van der Waals surface area contributed by atoms with Gasteiger partial charge in [0.2, 0.25) is 0 Å². The van der Waals surface area contributed by atoms with Crippen LogP contribution in [-0.2, 0) is 33.7 Å². The van der Waals surface area contributed by atoms with Gasteiger partial charge >= 0.3 is 0 Å². The number of nitrogens with zero attached hydrogens (tertiary/aromatic N) is 4. The second-order valence-electron chi connectivity index (χ2n) is 10.3. The van der Waals surface area contributed by atoms with E-state index in [1.807, 2.05) is 12.1 Å². The highest BCUT2D eigenvalue weighted by Gasteiger charge is 2.22. The lowest BCUT2D eigenvalue weighted by molar-refractivity contribution is -0.136. The summed E-state index contributed by atoms with van der Waals surface area (Å²) in [7, 11) is 0. The number of rotatable bonds is 13. The van der Waals surface area contributed by atoms with Crippen molar-refractivity contribution in [2.24, 2.45) is 0 Å². The fourth-order valence-corrected chi connectivity index (χ4v) is 5.18. The van der Waals surface area contributed by atoms with Crippen molar-refractivity contribution in [3.8, 4) is 11.5 Å². The van der Waals surface area contributed by atoms with Gasteiger partial charge in [0, 0.05) is 49.3 Å². The van der Waals surface area contributed by atoms with Gasteiger partial charge in [0.25, 0.3) is 11.8 Å². The number of phenols is 2. The van der Waals surface area contributed by atoms with Crippen LogP contribution >= 0.6 is 0 Å². The number of imidazole rings is 1. The van der Waals surface area contributed by atoms with Crippen LogP contribution in [0, 0.1) is 0 Å². The zero-order valence-corrected chi connectivity index (χ0v) is 23.2. The Hall–Kier alpha value is -4.44. The van der Waals surface area contributed by atoms with E-state index in [9.17, 15) is 19.8 Å². The standard InChI is InChI=1S/C31H35N5O5/c1-2-3-7-26-34-29-30(36(26)19-21-18-22(37)9-11-25(21)38)23-10-8-20(17-24(23)33-31(29)32)6-4-15-41-16-5-14-35-27(39)12-13-28(35)40/h8-13,17-18,37-38H,2-7,14-16,19H2,1H3,(H2,32,33). The van der Waals surface area contributed by atoms with Crippen molar-refractivity contribution in [1.29, 1.82) is 0 Å². The Balaban J connectivity index is 1.30. The zero-order valence-electron chi connectivity index (χ0n) is 23.2. The molecular formula is C31H35N5O5. The first-order chi connectivity index (χ1) is 19.9. The van der Waals surface area contributed by atoms with Crippen LogP contribution in [0.1, 0.15) is 49.6 Å². The highest BCUT2D eigenvalue weighted by molar-refractivity contribution is 6.12. The molecule has 2 aromatic heterocycles. The number of aromatic nitrogens is 3. The van der Waals surface area contributed by atoms with Gasteiger partial charge in [-0.1, -0.05) is 25.5 Å². The van der Waals surface area contributed by atoms with Crippen LogP contribution in [0.5, 0.6) is 11.5 Å². The lowest BCUT2D eigenvalue weighted by Crippen LogP contribution is -2.31. The highest BCUT2D eigenvalue weighted by atomic mass is 16.5. The Bertz CT molecular complexity index is 1610. The summed E-state index contributed by atoms with van der Waals surface area (Å²) in [6, 6.07) is 10.7. The van der Waals surface area contributed by atoms with Crippen LogP contribution in [0.2, 0.25) is 0 Å². The van der Waals surface area contributed by atoms with Crippen molar-refractivity contribution < 1.29 is 24.5 Å². The van der Waals surface area contributed by atoms with Crippen molar-refractivity contribution in [2.75, 3.05) is 25.5 Å². The monoisotopic (exact) mass is 557 g/mol. The van der Waals surface area contributed by atoms with E-state index in [-0.39, 0.29) is 23.3 Å². The number of aromatic hydroxyl groups is 2. The van der Waals surface area contributed by atoms with Crippen molar-refractivity contribution in [3.05, 3.63) is 65.5 Å². The molecule has 1 aliphatic heterocycles. The molecule has 0 saturated carbocycles. The number of imide groups is 1. The fraction of sp³-hybridized carbons (Fsp3) is 0.355. The van der Waals surface area contributed by atoms with E-state index in [1.54, 1.807) is 6.07 Å². The summed E-state index contributed by atoms with van der Waals surface area (Å²) in [4.78, 5) is 34.0. The molecule has 10 nitrogen and oxygen atoms in total. The predicted molar refractivity (Wildman–Crippen MR) is 157 cm³/mol. The molecule has 2 amide bonds. The summed E-state index contributed by atoms with van der Waals surface area (Å²) in [5.41, 5.74) is 10.4. The second kappa shape index (κ2) is 12.4. The molecule has 214 valence electrons. The van der Waals surface area contributed by atoms with Gasteiger partial charge in [-0.3, -0.25) is 14.5 Å². The Morgan fingerprint density at radius 2 is 1.71 bits per heavy atom. The first-order valence-electron chi connectivity index (χ1n) is 14.0. The first-order valence-corrected chi connectivity index (χ1v) is 14.0. The van der Waals surface area contributed by atoms with Crippen molar-refractivity contribution in [1.82, 2.24) is 19.4 Å². The fourth-order valence-electron chi connectivity index (χ4n) is 5.18. The van der Waals surface area contributed by atoms with Gasteiger partial charge in [0.15, 0.2) is 5.82 Å². The smallest absolute Gasteiger partial charge is 0.253 e. The van der Waals surface area contributed by atoms with E-state index in [0.29, 0.717) is 49.6 Å². The Morgan fingerprint density at radius 1 is 0.927 bits per heavy atom. The van der Waals surface area contributed by atoms with Gasteiger partial charge in [-0.05, 0) is 55.5 Å². The first kappa shape index (κ1) is 28.1. The van der Waals surface area contributed by atoms with Crippen LogP contribution in [0.15, 0.2) is 48.6 Å². The number of phenolic OH excluding ortho intramolecular Hbond substituents is 2. The van der Waals surface area contributed by atoms with Gasteiger partial charge in [-0.25, -0.2) is 9.97 Å². The van der Waals surface area contributed by atoms with Crippen LogP contribution < -0.4 is 5.73 Å². The molecule has 41 heavy (non-hydrogen) atoms. The number of nitrogens with two attached hydrogens (primary N) is 1. The Kier molecular flexibility index (Phi) is 8.49. The molecule has 0 bridgehead atoms. The maximum atomic E-state index is 11.6. The largest absolute Gasteiger partial charge is 0.508 e. The molecule has 10 heteroatoms. The minimum Gasteiger partial charge on any atom is -0.508 e. The van der Waals surface area contributed by atoms with Crippen LogP contribution in [0.4, 0.5) is 5.82 Å². The number of aryl methyl sites for hydroxylation is 2. The number of hydrogen-bond acceptors (Lipinski definition) is 8. The molecule has 0 atom stereocenters. The van der Waals surface area contributed by atoms with E-state index < -0.39 is 0 Å². The molecule has 0 spiro atoms. The summed E-state index contributed by atoms with van der Waals surface area (Å²) in [5.74, 6) is 0.880. The predicted octanol–water partition coefficient (Wildman–Crippen LogP) is 4.23. The van der Waals surface area contributed by atoms with Crippen LogP contribution in [0.25, 0.3) is 21.9 Å². The number of anilines is 1. The number of fused-ring (bicyclic) bond motifs is 3. The minimum atomic E-state index is -0.268. The van der Waals surface area contributed by atoms with Gasteiger partial charge in [0.1, 0.15) is 22.8 Å². The number of nitrogen functional groups attached to an aromatic ring is 1. The molecule has 4 aromatic rings. The van der Waals surface area contributed by atoms with E-state index in [2.05, 4.69) is 22.5 Å². The average Bonchev–Trinajstić information content (AvgIpc) is 3.48. The zero-order chi connectivity index (χ0) is 28.9. The summed E-state index contributed by atoms with van der Waals surface area (Å²) in [6.45, 7) is 3.86. The van der Waals surface area contributed by atoms with Crippen molar-refractivity contribution in [3.63, 3.8) is 0 Å². The molecule has 0 unspecified atom stereocenters. The topological polar surface area (TPSA) is 144 Å². The molecule has 2 aromatic carbocycles. The SMILES string of the molecule is CCCCc1nc2c(N)nc3cc(CCCOCCCN4C(=O)C=CC4=O)ccc3c2n1Cc1cc(O)ccc1O. The maximum Gasteiger partial charge on any atom is 0.253 e. The molecule has 5 rings (SSSR count). The Labute approximate surface area is 238 Å². The van der Waals surface area contributed by atoms with Gasteiger partial charge in [-0.15, -0.1) is 0 Å². The molecule has 0 saturated heterocycles. The molecule has 0 radical (unpaired) electrons. The van der Waals surface area contributed by atoms with Gasteiger partial charge in [-0.2, -0.15) is 0 Å². The van der Waals surface area contributed by atoms with E-state index in [1.165, 1.54) is 29.2 Å². The third-order valence-corrected chi connectivity index (χ3v) is 7.32. The molecule has 1 aliphatic rings. The van der Waals surface area contributed by atoms with Crippen LogP contribution in [-0.4, -0.2) is 61.2 Å². The molecule has 4 N–H and O–H groups in total. The lowest BCUT2D eigenvalue weighted by atomic mass is 10.1. The number of carbonyl (C=O) groups is 2. The highest BCUT2D eigenvalue weighted by Crippen LogP contribution is 2.32. The summed E-state index contributed by atoms with van der Waals surface area (Å²) < 4.78 is 7.80. The van der Waals surface area contributed by atoms with Crippen molar-refractivity contribution in [2.45, 2.75) is 52.0 Å². The molecule has 0 fully saturated rings. The quantitative estimate of drug-likeness (QED) is 0.126. The number of ether oxygens (including phenoxy) is 1. The third-order valence-electron chi connectivity index (χ3n) is 7.32. The molecule has 3 heterocycles. The Morgan fingerprint density at radius 3 is 2.49 bits per heavy atom. The number of carbonyl (C=O) groups excluding carboxylic acids is 2. The number of pyridine rings is 1. The summed E-state index contributed by atoms with van der Waals surface area (Å²) in [5, 5.41) is 21.4. The van der Waals surface area contributed by atoms with Crippen molar-refractivity contribution >= 4 is 39.6 Å². The normalized spacial score (nSPS) is 13.3. The number of hydrogen-bond donors (Lipinski definition) is 3. The number of amides is 2. The maximum absolute atomic E-state index is 11.6. The third kappa shape index (κ3) is 6.17. The summed E-state index contributed by atoms with van der Waals surface area (Å²) in [6.07, 6.45) is 7.51. The summed E-state index contributed by atoms with van der Waals surface area (Å²) >= 11 is 0. The second-order valence-corrected chi connectivity index (χ2v) is 10.3. The van der Waals surface area contributed by atoms with E-state index in [4.69, 9.17) is 15.5 Å². The van der Waals surface area contributed by atoms with E-state index in [0.717, 1.165) is 59.9 Å². The molecule has 0 aliphatic carbocycles. The van der Waals surface area contributed by atoms with Gasteiger partial charge in [0.05, 0.1) is 17.6 Å². The number of unbranched alkanes of at least 4 members (excludes halogenated alkanes) is 1. The van der Waals surface area contributed by atoms with Crippen LogP contribution in [0.3, 0.4) is 0 Å². The molecular weight excluding hydrogens is 522 g/mol. The van der Waals surface area contributed by atoms with E-state index >= 15 is 0 Å². The van der Waals surface area contributed by atoms with Gasteiger partial charge < -0.3 is 25.3 Å². The average molecular weight is 558 g/mol. The number of benzene rings is 2.